The van der Waals surface area contributed by atoms with Crippen LogP contribution in [0.1, 0.15) is 44.7 Å². The quantitative estimate of drug-likeness (QED) is 0.883. The fourth-order valence-corrected chi connectivity index (χ4v) is 2.11. The molecule has 3 heteroatoms. The first-order valence-corrected chi connectivity index (χ1v) is 6.90. The molecule has 3 nitrogen and oxygen atoms in total. The van der Waals surface area contributed by atoms with Crippen molar-refractivity contribution in [3.63, 3.8) is 0 Å². The highest BCUT2D eigenvalue weighted by Gasteiger charge is 2.15. The summed E-state index contributed by atoms with van der Waals surface area (Å²) in [5.74, 6) is 1.95. The summed E-state index contributed by atoms with van der Waals surface area (Å²) in [6, 6.07) is 8.24. The van der Waals surface area contributed by atoms with Gasteiger partial charge in [-0.2, -0.15) is 0 Å². The minimum absolute atomic E-state index is 0.122. The van der Waals surface area contributed by atoms with Crippen molar-refractivity contribution in [3.05, 3.63) is 41.9 Å². The van der Waals surface area contributed by atoms with E-state index in [1.54, 1.807) is 6.20 Å². The van der Waals surface area contributed by atoms with E-state index in [0.29, 0.717) is 11.8 Å². The molecule has 0 bridgehead atoms. The zero-order valence-electron chi connectivity index (χ0n) is 11.9. The van der Waals surface area contributed by atoms with Crippen LogP contribution in [0.15, 0.2) is 34.9 Å². The van der Waals surface area contributed by atoms with Gasteiger partial charge in [0.15, 0.2) is 5.76 Å². The number of hydrogen-bond donors (Lipinski definition) is 1. The maximum absolute atomic E-state index is 6.08. The molecule has 1 heterocycles. The predicted molar refractivity (Wildman–Crippen MR) is 77.7 cm³/mol. The van der Waals surface area contributed by atoms with Crippen LogP contribution < -0.4 is 5.73 Å². The number of nitrogens with zero attached hydrogens (tertiary/aromatic N) is 1. The monoisotopic (exact) mass is 258 g/mol. The van der Waals surface area contributed by atoms with Crippen molar-refractivity contribution < 1.29 is 4.42 Å². The molecule has 0 aliphatic carbocycles. The average molecular weight is 258 g/mol. The summed E-state index contributed by atoms with van der Waals surface area (Å²) < 4.78 is 5.77. The van der Waals surface area contributed by atoms with Crippen LogP contribution in [-0.4, -0.2) is 4.98 Å². The van der Waals surface area contributed by atoms with E-state index in [1.165, 1.54) is 5.56 Å². The Hall–Kier alpha value is -1.61. The van der Waals surface area contributed by atoms with Crippen molar-refractivity contribution in [1.29, 1.82) is 0 Å². The summed E-state index contributed by atoms with van der Waals surface area (Å²) in [5.41, 5.74) is 8.44. The Labute approximate surface area is 114 Å². The molecule has 0 aliphatic heterocycles. The summed E-state index contributed by atoms with van der Waals surface area (Å²) in [6.07, 6.45) is 3.69. The number of rotatable bonds is 5. The van der Waals surface area contributed by atoms with Gasteiger partial charge in [-0.25, -0.2) is 4.98 Å². The van der Waals surface area contributed by atoms with E-state index in [0.717, 1.165) is 24.2 Å². The lowest BCUT2D eigenvalue weighted by Crippen LogP contribution is -2.13. The average Bonchev–Trinajstić information content (AvgIpc) is 2.88. The molecule has 1 aromatic heterocycles. The summed E-state index contributed by atoms with van der Waals surface area (Å²) in [4.78, 5) is 4.30. The van der Waals surface area contributed by atoms with Crippen LogP contribution in [0, 0.1) is 5.92 Å². The van der Waals surface area contributed by atoms with Crippen molar-refractivity contribution in [3.8, 4) is 11.3 Å². The standard InChI is InChI=1S/C16H22N2O/c1-4-12-5-7-13(8-6-12)15-10-18-16(19-15)14(17)9-11(2)3/h5-8,10-11,14H,4,9,17H2,1-3H3. The second-order valence-corrected chi connectivity index (χ2v) is 5.35. The molecular formula is C16H22N2O. The van der Waals surface area contributed by atoms with Gasteiger partial charge in [-0.15, -0.1) is 0 Å². The maximum atomic E-state index is 6.08. The lowest BCUT2D eigenvalue weighted by molar-refractivity contribution is 0.408. The van der Waals surface area contributed by atoms with Crippen molar-refractivity contribution in [2.24, 2.45) is 11.7 Å². The Morgan fingerprint density at radius 2 is 1.89 bits per heavy atom. The van der Waals surface area contributed by atoms with E-state index in [4.69, 9.17) is 10.2 Å². The smallest absolute Gasteiger partial charge is 0.211 e. The molecule has 0 aliphatic rings. The number of oxazole rings is 1. The topological polar surface area (TPSA) is 52.0 Å². The third kappa shape index (κ3) is 3.44. The number of aryl methyl sites for hydroxylation is 1. The van der Waals surface area contributed by atoms with Crippen LogP contribution in [-0.2, 0) is 6.42 Å². The van der Waals surface area contributed by atoms with E-state index >= 15 is 0 Å². The molecular weight excluding hydrogens is 236 g/mol. The van der Waals surface area contributed by atoms with Crippen LogP contribution in [0.4, 0.5) is 0 Å². The van der Waals surface area contributed by atoms with Crippen LogP contribution in [0.5, 0.6) is 0 Å². The highest BCUT2D eigenvalue weighted by atomic mass is 16.4. The number of hydrogen-bond acceptors (Lipinski definition) is 3. The molecule has 0 radical (unpaired) electrons. The van der Waals surface area contributed by atoms with Gasteiger partial charge >= 0.3 is 0 Å². The Morgan fingerprint density at radius 3 is 2.47 bits per heavy atom. The molecule has 2 aromatic rings. The van der Waals surface area contributed by atoms with Gasteiger partial charge in [-0.05, 0) is 24.3 Å². The van der Waals surface area contributed by atoms with E-state index in [2.05, 4.69) is 50.0 Å². The molecule has 2 rings (SSSR count). The largest absolute Gasteiger partial charge is 0.439 e. The fourth-order valence-electron chi connectivity index (χ4n) is 2.11. The van der Waals surface area contributed by atoms with Gasteiger partial charge in [-0.3, -0.25) is 0 Å². The lowest BCUT2D eigenvalue weighted by atomic mass is 10.0. The van der Waals surface area contributed by atoms with Gasteiger partial charge in [0.25, 0.3) is 0 Å². The highest BCUT2D eigenvalue weighted by Crippen LogP contribution is 2.25. The number of nitrogens with two attached hydrogens (primary N) is 1. The Morgan fingerprint density at radius 1 is 1.21 bits per heavy atom. The summed E-state index contributed by atoms with van der Waals surface area (Å²) >= 11 is 0. The van der Waals surface area contributed by atoms with Crippen molar-refractivity contribution in [2.75, 3.05) is 0 Å². The van der Waals surface area contributed by atoms with Crippen LogP contribution in [0.3, 0.4) is 0 Å². The van der Waals surface area contributed by atoms with Crippen LogP contribution in [0.2, 0.25) is 0 Å². The molecule has 2 N–H and O–H groups in total. The fraction of sp³-hybridized carbons (Fsp3) is 0.438. The highest BCUT2D eigenvalue weighted by molar-refractivity contribution is 5.56. The van der Waals surface area contributed by atoms with Gasteiger partial charge in [0, 0.05) is 5.56 Å². The molecule has 1 unspecified atom stereocenters. The van der Waals surface area contributed by atoms with E-state index in [1.807, 2.05) is 0 Å². The molecule has 102 valence electrons. The minimum atomic E-state index is -0.122. The third-order valence-corrected chi connectivity index (χ3v) is 3.21. The first kappa shape index (κ1) is 13.8. The molecule has 1 atom stereocenters. The summed E-state index contributed by atoms with van der Waals surface area (Å²) in [7, 11) is 0. The van der Waals surface area contributed by atoms with Crippen LogP contribution >= 0.6 is 0 Å². The van der Waals surface area contributed by atoms with Crippen molar-refractivity contribution in [1.82, 2.24) is 4.98 Å². The van der Waals surface area contributed by atoms with E-state index in [-0.39, 0.29) is 6.04 Å². The first-order chi connectivity index (χ1) is 9.10. The Kier molecular flexibility index (Phi) is 4.38. The van der Waals surface area contributed by atoms with Gasteiger partial charge in [0.1, 0.15) is 0 Å². The normalized spacial score (nSPS) is 12.9. The molecule has 0 spiro atoms. The maximum Gasteiger partial charge on any atom is 0.211 e. The molecule has 0 fully saturated rings. The Balaban J connectivity index is 2.15. The molecule has 0 saturated heterocycles. The third-order valence-electron chi connectivity index (χ3n) is 3.21. The Bertz CT molecular complexity index is 514. The van der Waals surface area contributed by atoms with Crippen molar-refractivity contribution >= 4 is 0 Å². The molecule has 1 aromatic carbocycles. The first-order valence-electron chi connectivity index (χ1n) is 6.90. The molecule has 0 amide bonds. The van der Waals surface area contributed by atoms with Gasteiger partial charge < -0.3 is 10.2 Å². The lowest BCUT2D eigenvalue weighted by Gasteiger charge is -2.09. The summed E-state index contributed by atoms with van der Waals surface area (Å²) in [6.45, 7) is 6.44. The SMILES string of the molecule is CCc1ccc(-c2cnc(C(N)CC(C)C)o2)cc1. The van der Waals surface area contributed by atoms with E-state index < -0.39 is 0 Å². The van der Waals surface area contributed by atoms with Crippen LogP contribution in [0.25, 0.3) is 11.3 Å². The number of aromatic nitrogens is 1. The minimum Gasteiger partial charge on any atom is -0.439 e. The zero-order chi connectivity index (χ0) is 13.8. The van der Waals surface area contributed by atoms with Gasteiger partial charge in [-0.1, -0.05) is 45.0 Å². The second kappa shape index (κ2) is 6.02. The molecule has 0 saturated carbocycles. The second-order valence-electron chi connectivity index (χ2n) is 5.35. The summed E-state index contributed by atoms with van der Waals surface area (Å²) in [5, 5.41) is 0. The number of benzene rings is 1. The van der Waals surface area contributed by atoms with Gasteiger partial charge in [0.05, 0.1) is 12.2 Å². The van der Waals surface area contributed by atoms with Crippen molar-refractivity contribution in [2.45, 2.75) is 39.7 Å². The predicted octanol–water partition coefficient (Wildman–Crippen LogP) is 3.95. The zero-order valence-corrected chi connectivity index (χ0v) is 11.9. The molecule has 19 heavy (non-hydrogen) atoms. The van der Waals surface area contributed by atoms with E-state index in [9.17, 15) is 0 Å². The van der Waals surface area contributed by atoms with Gasteiger partial charge in [0.2, 0.25) is 5.89 Å².